The minimum Gasteiger partial charge on any atom is -0.389 e. The van der Waals surface area contributed by atoms with Crippen LogP contribution in [0.5, 0.6) is 0 Å². The lowest BCUT2D eigenvalue weighted by atomic mass is 10.1. The first-order valence-electron chi connectivity index (χ1n) is 14.1. The molecule has 13 heteroatoms. The Morgan fingerprint density at radius 2 is 2.10 bits per heavy atom. The predicted octanol–water partition coefficient (Wildman–Crippen LogP) is 1.25. The van der Waals surface area contributed by atoms with Gasteiger partial charge in [0.25, 0.3) is 0 Å². The van der Waals surface area contributed by atoms with Gasteiger partial charge in [-0.05, 0) is 25.5 Å². The molecule has 0 saturated carbocycles. The molecule has 41 heavy (non-hydrogen) atoms. The molecule has 0 bridgehead atoms. The van der Waals surface area contributed by atoms with Gasteiger partial charge in [0, 0.05) is 65.5 Å². The number of ketones is 1. The highest BCUT2D eigenvalue weighted by molar-refractivity contribution is 8.03. The molecule has 3 aliphatic rings. The molecule has 0 spiro atoms. The molecular formula is C28H41N5O6S2. The zero-order valence-corrected chi connectivity index (χ0v) is 25.5. The minimum absolute atomic E-state index is 0.0368. The van der Waals surface area contributed by atoms with E-state index in [1.54, 1.807) is 40.9 Å². The van der Waals surface area contributed by atoms with Crippen molar-refractivity contribution in [2.45, 2.75) is 61.4 Å². The average molecular weight is 608 g/mol. The third kappa shape index (κ3) is 8.62. The van der Waals surface area contributed by atoms with Gasteiger partial charge in [0.05, 0.1) is 30.6 Å². The second-order valence-electron chi connectivity index (χ2n) is 10.5. The maximum absolute atomic E-state index is 13.3. The first kappa shape index (κ1) is 31.6. The van der Waals surface area contributed by atoms with Crippen molar-refractivity contribution in [2.75, 3.05) is 52.5 Å². The van der Waals surface area contributed by atoms with Gasteiger partial charge < -0.3 is 24.9 Å². The van der Waals surface area contributed by atoms with Crippen LogP contribution in [0.2, 0.25) is 0 Å². The van der Waals surface area contributed by atoms with Crippen LogP contribution in [0.15, 0.2) is 45.4 Å². The van der Waals surface area contributed by atoms with Gasteiger partial charge in [-0.2, -0.15) is 0 Å². The van der Waals surface area contributed by atoms with Gasteiger partial charge >= 0.3 is 0 Å². The zero-order chi connectivity index (χ0) is 29.4. The molecule has 5 atom stereocenters. The number of Topliss-reactive ketones (excluding diaryl/α,β-unsaturated/α-hetero) is 1. The second-order valence-corrected chi connectivity index (χ2v) is 13.6. The van der Waals surface area contributed by atoms with E-state index in [0.717, 1.165) is 42.3 Å². The van der Waals surface area contributed by atoms with Crippen molar-refractivity contribution in [2.24, 2.45) is 5.16 Å². The van der Waals surface area contributed by atoms with Crippen LogP contribution in [0, 0.1) is 0 Å². The van der Waals surface area contributed by atoms with Gasteiger partial charge in [0.15, 0.2) is 17.6 Å². The number of nitrogens with one attached hydrogen (secondary N) is 2. The quantitative estimate of drug-likeness (QED) is 0.222. The van der Waals surface area contributed by atoms with Crippen LogP contribution in [-0.4, -0.2) is 112 Å². The summed E-state index contributed by atoms with van der Waals surface area (Å²) in [5.41, 5.74) is 0.652. The van der Waals surface area contributed by atoms with E-state index in [9.17, 15) is 13.8 Å². The summed E-state index contributed by atoms with van der Waals surface area (Å²) in [5.74, 6) is -0.446. The highest BCUT2D eigenvalue weighted by Gasteiger charge is 2.29. The molecule has 0 radical (unpaired) electrons. The Labute approximate surface area is 248 Å². The molecule has 2 saturated heterocycles. The zero-order valence-electron chi connectivity index (χ0n) is 23.9. The third-order valence-electron chi connectivity index (χ3n) is 7.41. The van der Waals surface area contributed by atoms with Crippen LogP contribution in [0.3, 0.4) is 0 Å². The Balaban J connectivity index is 1.31. The summed E-state index contributed by atoms with van der Waals surface area (Å²) in [6, 6.07) is 7.17. The summed E-state index contributed by atoms with van der Waals surface area (Å²) < 4.78 is 18.0. The summed E-state index contributed by atoms with van der Waals surface area (Å²) in [6.07, 6.45) is 3.30. The minimum atomic E-state index is -1.12. The van der Waals surface area contributed by atoms with Crippen molar-refractivity contribution >= 4 is 40.0 Å². The van der Waals surface area contributed by atoms with Crippen molar-refractivity contribution in [3.63, 3.8) is 0 Å². The van der Waals surface area contributed by atoms with E-state index in [2.05, 4.69) is 20.7 Å². The van der Waals surface area contributed by atoms with E-state index in [4.69, 9.17) is 14.7 Å². The number of piperazine rings is 1. The van der Waals surface area contributed by atoms with Crippen molar-refractivity contribution in [1.82, 2.24) is 20.4 Å². The Bertz CT molecular complexity index is 1140. The van der Waals surface area contributed by atoms with E-state index in [1.165, 1.54) is 0 Å². The smallest absolute Gasteiger partial charge is 0.248 e. The van der Waals surface area contributed by atoms with Crippen LogP contribution in [0.25, 0.3) is 0 Å². The molecule has 1 amide bonds. The van der Waals surface area contributed by atoms with Gasteiger partial charge in [0.1, 0.15) is 12.1 Å². The molecule has 226 valence electrons. The van der Waals surface area contributed by atoms with Gasteiger partial charge in [-0.1, -0.05) is 42.9 Å². The summed E-state index contributed by atoms with van der Waals surface area (Å²) in [4.78, 5) is 36.8. The number of carbonyl (C=O) groups excluding carboxylic acids is 2. The number of carbonyl (C=O) groups is 2. The molecular weight excluding hydrogens is 566 g/mol. The first-order valence-corrected chi connectivity index (χ1v) is 16.2. The van der Waals surface area contributed by atoms with E-state index in [1.807, 2.05) is 27.0 Å². The fraction of sp³-hybridized carbons (Fsp3) is 0.607. The van der Waals surface area contributed by atoms with E-state index >= 15 is 0 Å². The normalized spacial score (nSPS) is 25.0. The summed E-state index contributed by atoms with van der Waals surface area (Å²) in [5, 5.41) is 20.0. The summed E-state index contributed by atoms with van der Waals surface area (Å²) in [6.45, 7) is 9.40. The van der Waals surface area contributed by atoms with Crippen LogP contribution in [0.1, 0.15) is 39.2 Å². The fourth-order valence-electron chi connectivity index (χ4n) is 4.82. The Hall–Kier alpha value is -2.29. The monoisotopic (exact) mass is 607 g/mol. The van der Waals surface area contributed by atoms with Crippen molar-refractivity contribution in [3.8, 4) is 0 Å². The number of ether oxygens (including phenoxy) is 1. The van der Waals surface area contributed by atoms with Gasteiger partial charge in [0.2, 0.25) is 5.91 Å². The average Bonchev–Trinajstić information content (AvgIpc) is 3.67. The van der Waals surface area contributed by atoms with Crippen molar-refractivity contribution < 1.29 is 28.5 Å². The van der Waals surface area contributed by atoms with Crippen LogP contribution in [-0.2, 0) is 30.0 Å². The Morgan fingerprint density at radius 1 is 1.32 bits per heavy atom. The Morgan fingerprint density at radius 3 is 2.76 bits per heavy atom. The van der Waals surface area contributed by atoms with Gasteiger partial charge in [-0.15, -0.1) is 0 Å². The molecule has 1 aromatic carbocycles. The summed E-state index contributed by atoms with van der Waals surface area (Å²) in [7, 11) is -1.12. The lowest BCUT2D eigenvalue weighted by Crippen LogP contribution is -2.54. The second kappa shape index (κ2) is 15.3. The van der Waals surface area contributed by atoms with Crippen molar-refractivity contribution in [1.29, 1.82) is 0 Å². The number of aliphatic hydroxyl groups is 1. The lowest BCUT2D eigenvalue weighted by molar-refractivity contribution is -0.138. The summed E-state index contributed by atoms with van der Waals surface area (Å²) >= 11 is 1.61. The number of nitrogens with zero attached hydrogens (tertiary/aromatic N) is 3. The molecule has 0 aromatic heterocycles. The largest absolute Gasteiger partial charge is 0.389 e. The van der Waals surface area contributed by atoms with E-state index in [-0.39, 0.29) is 46.8 Å². The molecule has 0 aliphatic carbocycles. The first-order chi connectivity index (χ1) is 19.8. The fourth-order valence-corrected chi connectivity index (χ4v) is 6.99. The number of thioether (sulfide) groups is 1. The number of benzene rings is 1. The third-order valence-corrected chi connectivity index (χ3v) is 10.3. The highest BCUT2D eigenvalue weighted by Crippen LogP contribution is 2.26. The molecule has 4 unspecified atom stereocenters. The highest BCUT2D eigenvalue weighted by atomic mass is 32.2. The molecule has 1 aromatic rings. The molecule has 2 fully saturated rings. The molecule has 3 heterocycles. The maximum atomic E-state index is 13.3. The number of oxime groups is 1. The standard InChI is InChI=1S/C28H41N5O6S2/c1-4-20(3)41(37)24-7-5-21(6-8-24)27(31-39-22-9-12-38-18-22)25(35)14-30-28-29-13-23(40-28)16-32-10-11-33(19(2)15-32)26(36)17-34/h5-8,13,19-20,22,28-30,34H,4,9-12,14-18H2,1-3H3/b31-27+/t19?,20?,22-,28?,41?/m1/s1. The van der Waals surface area contributed by atoms with E-state index < -0.39 is 17.4 Å². The maximum Gasteiger partial charge on any atom is 0.248 e. The molecule has 3 aliphatic heterocycles. The van der Waals surface area contributed by atoms with Crippen molar-refractivity contribution in [3.05, 3.63) is 40.9 Å². The van der Waals surface area contributed by atoms with Crippen LogP contribution < -0.4 is 10.6 Å². The van der Waals surface area contributed by atoms with Gasteiger partial charge in [-0.3, -0.25) is 24.0 Å². The lowest BCUT2D eigenvalue weighted by Gasteiger charge is -2.39. The van der Waals surface area contributed by atoms with Crippen LogP contribution in [0.4, 0.5) is 0 Å². The van der Waals surface area contributed by atoms with Crippen LogP contribution >= 0.6 is 11.8 Å². The van der Waals surface area contributed by atoms with E-state index in [0.29, 0.717) is 25.3 Å². The van der Waals surface area contributed by atoms with Gasteiger partial charge in [-0.25, -0.2) is 0 Å². The predicted molar refractivity (Wildman–Crippen MR) is 160 cm³/mol. The Kier molecular flexibility index (Phi) is 11.8. The topological polar surface area (TPSA) is 133 Å². The number of aliphatic hydroxyl groups excluding tert-OH is 1. The molecule has 3 N–H and O–H groups in total. The number of rotatable bonds is 13. The molecule has 4 rings (SSSR count). The number of hydrogen-bond acceptors (Lipinski definition) is 11. The molecule has 11 nitrogen and oxygen atoms in total. The SMILES string of the molecule is CCC(C)S(=O)c1ccc(/C(=N\O[C@@H]2CCOC2)C(=O)CNC2NC=C(CN3CCN(C(=O)CO)C(C)C3)S2)cc1. The number of hydrogen-bond donors (Lipinski definition) is 3. The number of amides is 1.